The number of benzene rings is 6. The van der Waals surface area contributed by atoms with Gasteiger partial charge in [0.25, 0.3) is 72.5 Å². The van der Waals surface area contributed by atoms with Gasteiger partial charge in [-0.3, -0.25) is 36.9 Å². The highest BCUT2D eigenvalue weighted by atomic mass is 32.2. The van der Waals surface area contributed by atoms with Gasteiger partial charge < -0.3 is 31.5 Å². The van der Waals surface area contributed by atoms with Gasteiger partial charge >= 0.3 is 6.03 Å². The lowest BCUT2D eigenvalue weighted by Crippen LogP contribution is -2.22. The minimum Gasteiger partial charge on any atom is -0.507 e. The van der Waals surface area contributed by atoms with Crippen LogP contribution in [-0.4, -0.2) is 106 Å². The number of aromatic hydroxyl groups is 2. The van der Waals surface area contributed by atoms with E-state index in [1.807, 2.05) is 0 Å². The average molecular weight is 1060 g/mol. The Bertz CT molecular complexity index is 3670. The molecule has 0 unspecified atom stereocenters. The van der Waals surface area contributed by atoms with Crippen molar-refractivity contribution in [3.63, 3.8) is 0 Å². The van der Waals surface area contributed by atoms with Crippen molar-refractivity contribution in [3.8, 4) is 11.5 Å². The molecule has 0 saturated carbocycles. The number of hydrogen-bond acceptors (Lipinski definition) is 17. The summed E-state index contributed by atoms with van der Waals surface area (Å²) in [6, 6.07) is 7.62. The molecule has 0 aliphatic carbocycles. The lowest BCUT2D eigenvalue weighted by molar-refractivity contribution is 0.101. The van der Waals surface area contributed by atoms with Crippen molar-refractivity contribution in [1.29, 1.82) is 0 Å². The van der Waals surface area contributed by atoms with Crippen LogP contribution in [0.25, 0.3) is 21.5 Å². The van der Waals surface area contributed by atoms with E-state index in [1.165, 1.54) is 0 Å². The van der Waals surface area contributed by atoms with Gasteiger partial charge in [-0.2, -0.15) is 50.5 Å². The van der Waals surface area contributed by atoms with Crippen LogP contribution in [0.2, 0.25) is 0 Å². The number of fused-ring (bicyclic) bond motifs is 2. The second-order valence-electron chi connectivity index (χ2n) is 13.8. The second-order valence-corrected chi connectivity index (χ2v) is 22.2. The molecule has 0 fully saturated rings. The highest BCUT2D eigenvalue weighted by molar-refractivity contribution is 7.87. The molecule has 360 valence electrons. The van der Waals surface area contributed by atoms with Crippen molar-refractivity contribution in [3.05, 3.63) is 96.1 Å². The van der Waals surface area contributed by atoms with Crippen LogP contribution in [0, 0.1) is 0 Å². The van der Waals surface area contributed by atoms with E-state index in [-0.39, 0.29) is 0 Å². The Morgan fingerprint density at radius 1 is 0.368 bits per heavy atom. The Morgan fingerprint density at radius 3 is 0.941 bits per heavy atom. The molecule has 12 N–H and O–H groups in total. The highest BCUT2D eigenvalue weighted by Gasteiger charge is 2.28. The third kappa shape index (κ3) is 10.9. The first-order valence-electron chi connectivity index (χ1n) is 17.5. The minimum atomic E-state index is -5.42. The van der Waals surface area contributed by atoms with E-state index in [2.05, 4.69) is 21.3 Å². The van der Waals surface area contributed by atoms with Crippen LogP contribution in [0.5, 0.6) is 11.5 Å². The number of phenols is 2. The molecule has 6 aromatic rings. The molecule has 0 aliphatic rings. The van der Waals surface area contributed by atoms with Gasteiger partial charge in [-0.05, 0) is 83.6 Å². The average Bonchev–Trinajstić information content (AvgIpc) is 3.18. The quantitative estimate of drug-likeness (QED) is 0.0784. The van der Waals surface area contributed by atoms with Gasteiger partial charge in [-0.15, -0.1) is 0 Å². The van der Waals surface area contributed by atoms with Crippen molar-refractivity contribution in [2.75, 3.05) is 21.3 Å². The zero-order valence-electron chi connectivity index (χ0n) is 32.7. The second kappa shape index (κ2) is 17.3. The first-order chi connectivity index (χ1) is 31.0. The molecule has 0 bridgehead atoms. The lowest BCUT2D eigenvalue weighted by atomic mass is 10.1. The maximum atomic E-state index is 13.5. The van der Waals surface area contributed by atoms with Crippen LogP contribution in [0.3, 0.4) is 0 Å². The number of nitrogens with one attached hydrogen (secondary N) is 4. The SMILES string of the molecule is O=C(Nc1ccc(C(=O)Nc2cc(S(=O)(=O)O)cc3cc(S(=O)(=O)O)cc(O)c23)c(S(=O)(=O)O)c1)Nc1ccc(C(=O)Nc2cc(S(=O)(=O)O)cc3cc(S(=O)(=O)O)cc(O)c23)c(S(=O)(=O)O)c1. The fraction of sp³-hybridized carbons (Fsp3) is 0. The predicted molar refractivity (Wildman–Crippen MR) is 232 cm³/mol. The standard InChI is InChI=1S/C35H26N4O23S6/c40-27-13-21(65(51,52)53)7-15-5-19(63(45,46)47)11-25(31(15)27)38-33(42)23-3-1-17(9-29(23)67(57,58)59)36-35(44)37-18-2-4-24(30(10-18)68(60,61)62)34(43)39-26-12-20(64(48,49)50)6-16-8-22(66(54,55)56)14-28(41)32(16)26/h1-14,40-41H,(H,38,42)(H,39,43)(H2,36,37,44)(H,45,46,47)(H,48,49,50)(H,51,52,53)(H,54,55,56)(H,57,58,59)(H,60,61,62). The normalized spacial score (nSPS) is 12.7. The van der Waals surface area contributed by atoms with E-state index >= 15 is 0 Å². The third-order valence-corrected chi connectivity index (χ3v) is 14.3. The van der Waals surface area contributed by atoms with E-state index < -0.39 is 175 Å². The highest BCUT2D eigenvalue weighted by Crippen LogP contribution is 2.39. The Kier molecular flexibility index (Phi) is 12.9. The molecule has 6 rings (SSSR count). The maximum Gasteiger partial charge on any atom is 0.323 e. The molecule has 33 heteroatoms. The van der Waals surface area contributed by atoms with Crippen molar-refractivity contribution in [2.45, 2.75) is 29.4 Å². The number of carbonyl (C=O) groups is 3. The van der Waals surface area contributed by atoms with Gasteiger partial charge in [0.15, 0.2) is 0 Å². The maximum absolute atomic E-state index is 13.5. The van der Waals surface area contributed by atoms with E-state index in [0.717, 1.165) is 12.1 Å². The lowest BCUT2D eigenvalue weighted by Gasteiger charge is -2.15. The summed E-state index contributed by atoms with van der Waals surface area (Å²) in [7, 11) is -31.1. The van der Waals surface area contributed by atoms with Crippen LogP contribution in [0.4, 0.5) is 27.5 Å². The summed E-state index contributed by atoms with van der Waals surface area (Å²) < 4.78 is 203. The molecular weight excluding hydrogens is 1040 g/mol. The first-order valence-corrected chi connectivity index (χ1v) is 26.1. The fourth-order valence-electron chi connectivity index (χ4n) is 6.34. The Hall–Kier alpha value is -6.89. The summed E-state index contributed by atoms with van der Waals surface area (Å²) in [6.45, 7) is 0. The number of carbonyl (C=O) groups excluding carboxylic acids is 3. The number of anilines is 4. The number of hydrogen-bond donors (Lipinski definition) is 12. The molecule has 0 atom stereocenters. The Labute approximate surface area is 381 Å². The van der Waals surface area contributed by atoms with Gasteiger partial charge in [-0.25, -0.2) is 4.79 Å². The monoisotopic (exact) mass is 1060 g/mol. The number of amides is 4. The van der Waals surface area contributed by atoms with Crippen molar-refractivity contribution < 1.29 is 102 Å². The van der Waals surface area contributed by atoms with E-state index in [4.69, 9.17) is 0 Å². The summed E-state index contributed by atoms with van der Waals surface area (Å²) in [5.41, 5.74) is -4.24. The van der Waals surface area contributed by atoms with Crippen LogP contribution in [-0.2, 0) is 60.7 Å². The van der Waals surface area contributed by atoms with Crippen molar-refractivity contribution in [2.24, 2.45) is 0 Å². The Morgan fingerprint density at radius 2 is 0.662 bits per heavy atom. The van der Waals surface area contributed by atoms with Crippen molar-refractivity contribution >= 4 is 123 Å². The van der Waals surface area contributed by atoms with Crippen LogP contribution in [0.15, 0.2) is 114 Å². The van der Waals surface area contributed by atoms with Gasteiger partial charge in [0, 0.05) is 34.3 Å². The fourth-order valence-corrected chi connectivity index (χ4v) is 9.93. The third-order valence-electron chi connectivity index (χ3n) is 9.16. The van der Waals surface area contributed by atoms with Gasteiger partial charge in [0.2, 0.25) is 0 Å². The molecule has 0 saturated heterocycles. The van der Waals surface area contributed by atoms with E-state index in [0.29, 0.717) is 72.8 Å². The number of phenolic OH excluding ortho intramolecular Hbond substituents is 2. The molecule has 68 heavy (non-hydrogen) atoms. The summed E-state index contributed by atoms with van der Waals surface area (Å²) in [6.07, 6.45) is 0. The summed E-state index contributed by atoms with van der Waals surface area (Å²) in [5, 5.41) is 27.5. The van der Waals surface area contributed by atoms with Gasteiger partial charge in [-0.1, -0.05) is 0 Å². The number of urea groups is 1. The minimum absolute atomic E-state index is 0.495. The van der Waals surface area contributed by atoms with Crippen LogP contribution < -0.4 is 21.3 Å². The van der Waals surface area contributed by atoms with E-state index in [1.54, 1.807) is 0 Å². The van der Waals surface area contributed by atoms with Gasteiger partial charge in [0.05, 0.1) is 42.1 Å². The largest absolute Gasteiger partial charge is 0.507 e. The van der Waals surface area contributed by atoms with Crippen LogP contribution in [0.1, 0.15) is 20.7 Å². The summed E-state index contributed by atoms with van der Waals surface area (Å²) in [4.78, 5) is 33.6. The van der Waals surface area contributed by atoms with E-state index in [9.17, 15) is 102 Å². The van der Waals surface area contributed by atoms with Crippen LogP contribution >= 0.6 is 0 Å². The summed E-state index contributed by atoms with van der Waals surface area (Å²) >= 11 is 0. The molecule has 0 radical (unpaired) electrons. The molecule has 0 aromatic heterocycles. The molecular formula is C35H26N4O23S6. The zero-order chi connectivity index (χ0) is 50.9. The first kappa shape index (κ1) is 50.5. The number of rotatable bonds is 12. The molecule has 0 spiro atoms. The molecule has 0 aliphatic heterocycles. The van der Waals surface area contributed by atoms with Gasteiger partial charge in [0.1, 0.15) is 21.3 Å². The molecule has 4 amide bonds. The molecule has 27 nitrogen and oxygen atoms in total. The predicted octanol–water partition coefficient (Wildman–Crippen LogP) is 3.03. The Balaban J connectivity index is 1.29. The smallest absolute Gasteiger partial charge is 0.323 e. The topological polar surface area (TPSA) is 466 Å². The molecule has 0 heterocycles. The zero-order valence-corrected chi connectivity index (χ0v) is 37.6. The summed E-state index contributed by atoms with van der Waals surface area (Å²) in [5.74, 6) is -4.89. The van der Waals surface area contributed by atoms with Crippen molar-refractivity contribution in [1.82, 2.24) is 0 Å². The molecule has 6 aromatic carbocycles.